The minimum atomic E-state index is -0.595. The largest absolute Gasteiger partial charge is 0.467 e. The average molecular weight is 198 g/mol. The van der Waals surface area contributed by atoms with Crippen molar-refractivity contribution in [2.24, 2.45) is 0 Å². The molecule has 0 aromatic carbocycles. The Hall–Kier alpha value is -0.570. The highest BCUT2D eigenvalue weighted by atomic mass is 16.7. The summed E-state index contributed by atoms with van der Waals surface area (Å²) in [5.74, 6) is -0.179. The van der Waals surface area contributed by atoms with Crippen LogP contribution in [-0.4, -0.2) is 24.3 Å². The highest BCUT2D eigenvalue weighted by Crippen LogP contribution is 2.58. The van der Waals surface area contributed by atoms with Crippen molar-refractivity contribution in [3.8, 4) is 0 Å². The second kappa shape index (κ2) is 3.23. The van der Waals surface area contributed by atoms with E-state index < -0.39 is 5.60 Å². The van der Waals surface area contributed by atoms with E-state index in [1.807, 2.05) is 6.92 Å². The zero-order valence-corrected chi connectivity index (χ0v) is 8.97. The molecule has 1 atom stereocenters. The van der Waals surface area contributed by atoms with Crippen molar-refractivity contribution in [2.75, 3.05) is 7.11 Å². The third kappa shape index (κ3) is 1.11. The molecule has 0 bridgehead atoms. The number of ether oxygens (including phenoxy) is 2. The molecule has 80 valence electrons. The van der Waals surface area contributed by atoms with E-state index in [9.17, 15) is 4.79 Å². The number of esters is 1. The van der Waals surface area contributed by atoms with Crippen molar-refractivity contribution in [3.63, 3.8) is 0 Å². The van der Waals surface area contributed by atoms with E-state index in [1.54, 1.807) is 0 Å². The van der Waals surface area contributed by atoms with Crippen LogP contribution >= 0.6 is 0 Å². The summed E-state index contributed by atoms with van der Waals surface area (Å²) in [6.45, 7) is 2.00. The minimum Gasteiger partial charge on any atom is -0.467 e. The van der Waals surface area contributed by atoms with E-state index in [0.717, 1.165) is 19.3 Å². The number of hydrogen-bond acceptors (Lipinski definition) is 3. The predicted molar refractivity (Wildman–Crippen MR) is 51.9 cm³/mol. The SMILES string of the molecule is CCC1(C(=O)OC)OC12CCCCC2. The van der Waals surface area contributed by atoms with Crippen LogP contribution in [0.5, 0.6) is 0 Å². The molecule has 1 unspecified atom stereocenters. The zero-order chi connectivity index (χ0) is 10.2. The first-order valence-corrected chi connectivity index (χ1v) is 5.49. The standard InChI is InChI=1S/C11H18O3/c1-3-11(9(12)13-2)10(14-11)7-5-4-6-8-10/h3-8H2,1-2H3. The summed E-state index contributed by atoms with van der Waals surface area (Å²) in [5.41, 5.74) is -0.755. The van der Waals surface area contributed by atoms with Crippen LogP contribution in [0.1, 0.15) is 45.4 Å². The molecule has 3 heteroatoms. The first-order valence-electron chi connectivity index (χ1n) is 5.49. The van der Waals surface area contributed by atoms with Gasteiger partial charge in [0.1, 0.15) is 5.60 Å². The lowest BCUT2D eigenvalue weighted by Crippen LogP contribution is -2.36. The van der Waals surface area contributed by atoms with Gasteiger partial charge in [-0.05, 0) is 19.3 Å². The van der Waals surface area contributed by atoms with Crippen LogP contribution in [0.3, 0.4) is 0 Å². The van der Waals surface area contributed by atoms with Gasteiger partial charge in [-0.3, -0.25) is 0 Å². The Balaban J connectivity index is 2.14. The molecule has 0 amide bonds. The molecule has 3 nitrogen and oxygen atoms in total. The maximum atomic E-state index is 11.7. The Kier molecular flexibility index (Phi) is 2.30. The van der Waals surface area contributed by atoms with Gasteiger partial charge < -0.3 is 9.47 Å². The fraction of sp³-hybridized carbons (Fsp3) is 0.909. The van der Waals surface area contributed by atoms with Gasteiger partial charge >= 0.3 is 5.97 Å². The van der Waals surface area contributed by atoms with Crippen molar-refractivity contribution < 1.29 is 14.3 Å². The van der Waals surface area contributed by atoms with E-state index in [-0.39, 0.29) is 11.6 Å². The maximum absolute atomic E-state index is 11.7. The summed E-state index contributed by atoms with van der Waals surface area (Å²) in [6.07, 6.45) is 6.41. The Morgan fingerprint density at radius 2 is 2.00 bits per heavy atom. The maximum Gasteiger partial charge on any atom is 0.341 e. The quantitative estimate of drug-likeness (QED) is 0.503. The van der Waals surface area contributed by atoms with E-state index in [1.165, 1.54) is 26.4 Å². The molecule has 2 aliphatic rings. The molecule has 1 heterocycles. The molecule has 1 aliphatic heterocycles. The van der Waals surface area contributed by atoms with Crippen LogP contribution in [0.15, 0.2) is 0 Å². The highest BCUT2D eigenvalue weighted by Gasteiger charge is 2.73. The Bertz CT molecular complexity index is 243. The first kappa shape index (κ1) is 9.97. The van der Waals surface area contributed by atoms with Gasteiger partial charge in [0.2, 0.25) is 0 Å². The van der Waals surface area contributed by atoms with E-state index >= 15 is 0 Å². The Labute approximate surface area is 84.8 Å². The normalized spacial score (nSPS) is 34.1. The molecule has 0 N–H and O–H groups in total. The van der Waals surface area contributed by atoms with Crippen molar-refractivity contribution in [2.45, 2.75) is 56.7 Å². The van der Waals surface area contributed by atoms with Gasteiger partial charge in [0, 0.05) is 0 Å². The fourth-order valence-electron chi connectivity index (χ4n) is 2.87. The number of rotatable bonds is 2. The molecule has 2 rings (SSSR count). The van der Waals surface area contributed by atoms with E-state index in [2.05, 4.69) is 0 Å². The van der Waals surface area contributed by atoms with Crippen LogP contribution in [0.2, 0.25) is 0 Å². The van der Waals surface area contributed by atoms with Crippen LogP contribution in [0.25, 0.3) is 0 Å². The summed E-state index contributed by atoms with van der Waals surface area (Å²) in [5, 5.41) is 0. The van der Waals surface area contributed by atoms with Gasteiger partial charge in [0.25, 0.3) is 0 Å². The number of methoxy groups -OCH3 is 1. The van der Waals surface area contributed by atoms with Crippen molar-refractivity contribution in [3.05, 3.63) is 0 Å². The second-order valence-electron chi connectivity index (χ2n) is 4.33. The first-order chi connectivity index (χ1) is 6.71. The van der Waals surface area contributed by atoms with Crippen LogP contribution in [0, 0.1) is 0 Å². The molecule has 0 aromatic heterocycles. The van der Waals surface area contributed by atoms with Gasteiger partial charge in [0.15, 0.2) is 5.60 Å². The van der Waals surface area contributed by atoms with Crippen molar-refractivity contribution in [1.29, 1.82) is 0 Å². The van der Waals surface area contributed by atoms with Crippen LogP contribution in [0.4, 0.5) is 0 Å². The summed E-state index contributed by atoms with van der Waals surface area (Å²) in [7, 11) is 1.44. The molecule has 2 fully saturated rings. The summed E-state index contributed by atoms with van der Waals surface area (Å²) < 4.78 is 10.6. The fourth-order valence-corrected chi connectivity index (χ4v) is 2.87. The lowest BCUT2D eigenvalue weighted by molar-refractivity contribution is -0.147. The zero-order valence-electron chi connectivity index (χ0n) is 8.97. The van der Waals surface area contributed by atoms with Gasteiger partial charge in [-0.25, -0.2) is 4.79 Å². The molecule has 1 saturated heterocycles. The van der Waals surface area contributed by atoms with E-state index in [0.29, 0.717) is 0 Å². The topological polar surface area (TPSA) is 38.8 Å². The lowest BCUT2D eigenvalue weighted by atomic mass is 9.79. The van der Waals surface area contributed by atoms with Crippen molar-refractivity contribution in [1.82, 2.24) is 0 Å². The number of epoxide rings is 1. The van der Waals surface area contributed by atoms with Gasteiger partial charge in [-0.1, -0.05) is 26.2 Å². The molecule has 0 radical (unpaired) electrons. The number of carbonyl (C=O) groups excluding carboxylic acids is 1. The van der Waals surface area contributed by atoms with Gasteiger partial charge in [0.05, 0.1) is 7.11 Å². The number of carbonyl (C=O) groups is 1. The minimum absolute atomic E-state index is 0.160. The molecular formula is C11H18O3. The average Bonchev–Trinajstić information content (AvgIpc) is 2.87. The van der Waals surface area contributed by atoms with Crippen LogP contribution in [-0.2, 0) is 14.3 Å². The van der Waals surface area contributed by atoms with Crippen LogP contribution < -0.4 is 0 Å². The second-order valence-corrected chi connectivity index (χ2v) is 4.33. The molecular weight excluding hydrogens is 180 g/mol. The monoisotopic (exact) mass is 198 g/mol. The Morgan fingerprint density at radius 1 is 1.36 bits per heavy atom. The van der Waals surface area contributed by atoms with Crippen molar-refractivity contribution >= 4 is 5.97 Å². The number of hydrogen-bond donors (Lipinski definition) is 0. The summed E-state index contributed by atoms with van der Waals surface area (Å²) in [6, 6.07) is 0. The summed E-state index contributed by atoms with van der Waals surface area (Å²) >= 11 is 0. The summed E-state index contributed by atoms with van der Waals surface area (Å²) in [4.78, 5) is 11.7. The third-order valence-corrected chi connectivity index (χ3v) is 3.74. The molecule has 1 spiro atoms. The Morgan fingerprint density at radius 3 is 2.50 bits per heavy atom. The molecule has 14 heavy (non-hydrogen) atoms. The predicted octanol–water partition coefficient (Wildman–Crippen LogP) is 2.04. The van der Waals surface area contributed by atoms with Gasteiger partial charge in [-0.2, -0.15) is 0 Å². The third-order valence-electron chi connectivity index (χ3n) is 3.74. The molecule has 1 aliphatic carbocycles. The lowest BCUT2D eigenvalue weighted by Gasteiger charge is -2.21. The smallest absolute Gasteiger partial charge is 0.341 e. The highest BCUT2D eigenvalue weighted by molar-refractivity contribution is 5.84. The van der Waals surface area contributed by atoms with E-state index in [4.69, 9.17) is 9.47 Å². The molecule has 1 saturated carbocycles. The van der Waals surface area contributed by atoms with Gasteiger partial charge in [-0.15, -0.1) is 0 Å². The molecule has 0 aromatic rings.